The number of nitrogens with one attached hydrogen (secondary N) is 1. The molecule has 1 aromatic heterocycles. The molecule has 0 spiro atoms. The molecule has 0 saturated heterocycles. The lowest BCUT2D eigenvalue weighted by Gasteiger charge is -2.08. The highest BCUT2D eigenvalue weighted by Gasteiger charge is 2.09. The van der Waals surface area contributed by atoms with Crippen LogP contribution < -0.4 is 10.1 Å². The first kappa shape index (κ1) is 12.3. The van der Waals surface area contributed by atoms with Gasteiger partial charge in [-0.3, -0.25) is 0 Å². The van der Waals surface area contributed by atoms with Crippen molar-refractivity contribution in [1.82, 2.24) is 15.0 Å². The van der Waals surface area contributed by atoms with Crippen molar-refractivity contribution in [1.29, 1.82) is 0 Å². The van der Waals surface area contributed by atoms with Crippen LogP contribution in [0.25, 0.3) is 11.4 Å². The van der Waals surface area contributed by atoms with Gasteiger partial charge < -0.3 is 10.1 Å². The summed E-state index contributed by atoms with van der Waals surface area (Å²) in [7, 11) is 1.55. The smallest absolute Gasteiger partial charge is 0.321 e. The molecule has 0 saturated carbocycles. The maximum absolute atomic E-state index is 5.10. The first-order chi connectivity index (χ1) is 8.74. The second-order valence-corrected chi connectivity index (χ2v) is 3.81. The van der Waals surface area contributed by atoms with Crippen LogP contribution in [0.5, 0.6) is 6.01 Å². The summed E-state index contributed by atoms with van der Waals surface area (Å²) in [4.78, 5) is 12.8. The Morgan fingerprint density at radius 1 is 1.17 bits per heavy atom. The zero-order valence-electron chi connectivity index (χ0n) is 10.8. The zero-order chi connectivity index (χ0) is 13.0. The van der Waals surface area contributed by atoms with Gasteiger partial charge in [0.25, 0.3) is 0 Å². The molecule has 5 heteroatoms. The van der Waals surface area contributed by atoms with Crippen LogP contribution in [-0.4, -0.2) is 28.6 Å². The molecule has 0 amide bonds. The van der Waals surface area contributed by atoms with E-state index in [1.807, 2.05) is 38.1 Å². The zero-order valence-corrected chi connectivity index (χ0v) is 10.8. The summed E-state index contributed by atoms with van der Waals surface area (Å²) in [5.41, 5.74) is 2.10. The van der Waals surface area contributed by atoms with E-state index in [4.69, 9.17) is 4.74 Å². The van der Waals surface area contributed by atoms with Crippen LogP contribution in [0.1, 0.15) is 12.5 Å². The topological polar surface area (TPSA) is 59.9 Å². The average Bonchev–Trinajstić information content (AvgIpc) is 2.39. The highest BCUT2D eigenvalue weighted by Crippen LogP contribution is 2.21. The number of hydrogen-bond acceptors (Lipinski definition) is 5. The largest absolute Gasteiger partial charge is 0.467 e. The van der Waals surface area contributed by atoms with E-state index in [0.717, 1.165) is 17.7 Å². The molecule has 1 N–H and O–H groups in total. The third kappa shape index (κ3) is 2.56. The number of ether oxygens (including phenoxy) is 1. The van der Waals surface area contributed by atoms with Crippen molar-refractivity contribution in [3.8, 4) is 17.4 Å². The fraction of sp³-hybridized carbons (Fsp3) is 0.308. The van der Waals surface area contributed by atoms with E-state index in [1.54, 1.807) is 7.11 Å². The number of nitrogens with zero attached hydrogens (tertiary/aromatic N) is 3. The highest BCUT2D eigenvalue weighted by atomic mass is 16.5. The maximum atomic E-state index is 5.10. The summed E-state index contributed by atoms with van der Waals surface area (Å²) in [6.45, 7) is 4.77. The van der Waals surface area contributed by atoms with Crippen LogP contribution in [0.4, 0.5) is 5.95 Å². The SMILES string of the molecule is CCNc1nc(OC)nc(-c2ccccc2C)n1. The summed E-state index contributed by atoms with van der Waals surface area (Å²) in [6, 6.07) is 8.28. The van der Waals surface area contributed by atoms with Gasteiger partial charge in [0.1, 0.15) is 0 Å². The summed E-state index contributed by atoms with van der Waals surface area (Å²) < 4.78 is 5.10. The molecular formula is C13H16N4O. The van der Waals surface area contributed by atoms with Gasteiger partial charge in [-0.15, -0.1) is 0 Å². The predicted octanol–water partition coefficient (Wildman–Crippen LogP) is 2.29. The summed E-state index contributed by atoms with van der Waals surface area (Å²) >= 11 is 0. The number of anilines is 1. The van der Waals surface area contributed by atoms with Crippen molar-refractivity contribution in [3.63, 3.8) is 0 Å². The van der Waals surface area contributed by atoms with Crippen molar-refractivity contribution in [2.45, 2.75) is 13.8 Å². The molecule has 0 fully saturated rings. The molecule has 94 valence electrons. The first-order valence-corrected chi connectivity index (χ1v) is 5.84. The third-order valence-corrected chi connectivity index (χ3v) is 2.52. The van der Waals surface area contributed by atoms with Crippen LogP contribution in [0.3, 0.4) is 0 Å². The maximum Gasteiger partial charge on any atom is 0.321 e. The van der Waals surface area contributed by atoms with Gasteiger partial charge >= 0.3 is 6.01 Å². The van der Waals surface area contributed by atoms with E-state index < -0.39 is 0 Å². The number of rotatable bonds is 4. The number of aromatic nitrogens is 3. The Morgan fingerprint density at radius 3 is 2.61 bits per heavy atom. The van der Waals surface area contributed by atoms with Crippen molar-refractivity contribution in [2.75, 3.05) is 19.0 Å². The predicted molar refractivity (Wildman–Crippen MR) is 70.7 cm³/mol. The Bertz CT molecular complexity index is 542. The van der Waals surface area contributed by atoms with Gasteiger partial charge in [0.2, 0.25) is 5.95 Å². The first-order valence-electron chi connectivity index (χ1n) is 5.84. The molecule has 0 unspecified atom stereocenters. The van der Waals surface area contributed by atoms with Gasteiger partial charge in [0, 0.05) is 12.1 Å². The van der Waals surface area contributed by atoms with Gasteiger partial charge in [-0.2, -0.15) is 15.0 Å². The molecule has 0 atom stereocenters. The van der Waals surface area contributed by atoms with E-state index in [1.165, 1.54) is 0 Å². The molecule has 2 rings (SSSR count). The van der Waals surface area contributed by atoms with Gasteiger partial charge in [-0.25, -0.2) is 0 Å². The summed E-state index contributed by atoms with van der Waals surface area (Å²) in [6.07, 6.45) is 0. The van der Waals surface area contributed by atoms with Gasteiger partial charge in [-0.05, 0) is 19.4 Å². The Hall–Kier alpha value is -2.17. The van der Waals surface area contributed by atoms with E-state index in [0.29, 0.717) is 17.8 Å². The Morgan fingerprint density at radius 2 is 1.94 bits per heavy atom. The van der Waals surface area contributed by atoms with Crippen molar-refractivity contribution < 1.29 is 4.74 Å². The molecule has 5 nitrogen and oxygen atoms in total. The molecule has 2 aromatic rings. The molecule has 0 radical (unpaired) electrons. The monoisotopic (exact) mass is 244 g/mol. The molecule has 0 aliphatic heterocycles. The lowest BCUT2D eigenvalue weighted by Crippen LogP contribution is -2.06. The van der Waals surface area contributed by atoms with Crippen molar-refractivity contribution in [3.05, 3.63) is 29.8 Å². The fourth-order valence-corrected chi connectivity index (χ4v) is 1.63. The van der Waals surface area contributed by atoms with E-state index in [9.17, 15) is 0 Å². The number of methoxy groups -OCH3 is 1. The molecule has 18 heavy (non-hydrogen) atoms. The number of benzene rings is 1. The van der Waals surface area contributed by atoms with Crippen LogP contribution in [0.15, 0.2) is 24.3 Å². The van der Waals surface area contributed by atoms with E-state index >= 15 is 0 Å². The Balaban J connectivity index is 2.50. The van der Waals surface area contributed by atoms with Gasteiger partial charge in [0.15, 0.2) is 5.82 Å². The number of aryl methyl sites for hydroxylation is 1. The molecule has 0 aliphatic rings. The highest BCUT2D eigenvalue weighted by molar-refractivity contribution is 5.60. The van der Waals surface area contributed by atoms with Crippen LogP contribution in [0, 0.1) is 6.92 Å². The van der Waals surface area contributed by atoms with Gasteiger partial charge in [0.05, 0.1) is 7.11 Å². The molecule has 1 aromatic carbocycles. The fourth-order valence-electron chi connectivity index (χ4n) is 1.63. The second kappa shape index (κ2) is 5.44. The molecule has 1 heterocycles. The quantitative estimate of drug-likeness (QED) is 0.894. The van der Waals surface area contributed by atoms with Crippen molar-refractivity contribution in [2.24, 2.45) is 0 Å². The van der Waals surface area contributed by atoms with E-state index in [-0.39, 0.29) is 0 Å². The average molecular weight is 244 g/mol. The Labute approximate surface area is 106 Å². The van der Waals surface area contributed by atoms with E-state index in [2.05, 4.69) is 20.3 Å². The van der Waals surface area contributed by atoms with Crippen LogP contribution >= 0.6 is 0 Å². The molecule has 0 bridgehead atoms. The van der Waals surface area contributed by atoms with Crippen LogP contribution in [0.2, 0.25) is 0 Å². The minimum absolute atomic E-state index is 0.319. The van der Waals surface area contributed by atoms with Crippen molar-refractivity contribution >= 4 is 5.95 Å². The lowest BCUT2D eigenvalue weighted by atomic mass is 10.1. The number of hydrogen-bond donors (Lipinski definition) is 1. The standard InChI is InChI=1S/C13H16N4O/c1-4-14-12-15-11(16-13(17-12)18-3)10-8-6-5-7-9(10)2/h5-8H,4H2,1-3H3,(H,14,15,16,17). The lowest BCUT2D eigenvalue weighted by molar-refractivity contribution is 0.379. The third-order valence-electron chi connectivity index (χ3n) is 2.52. The normalized spacial score (nSPS) is 10.2. The van der Waals surface area contributed by atoms with Crippen LogP contribution in [-0.2, 0) is 0 Å². The van der Waals surface area contributed by atoms with Gasteiger partial charge in [-0.1, -0.05) is 24.3 Å². The molecular weight excluding hydrogens is 228 g/mol. The summed E-state index contributed by atoms with van der Waals surface area (Å²) in [5, 5.41) is 3.07. The summed E-state index contributed by atoms with van der Waals surface area (Å²) in [5.74, 6) is 1.15. The second-order valence-electron chi connectivity index (χ2n) is 3.81. The molecule has 0 aliphatic carbocycles. The minimum atomic E-state index is 0.319. The minimum Gasteiger partial charge on any atom is -0.467 e. The Kier molecular flexibility index (Phi) is 3.72.